The molecule has 3 rings (SSSR count). The van der Waals surface area contributed by atoms with Crippen LogP contribution in [0.5, 0.6) is 0 Å². The van der Waals surface area contributed by atoms with Crippen molar-refractivity contribution in [1.29, 1.82) is 0 Å². The highest BCUT2D eigenvalue weighted by Gasteiger charge is 2.44. The van der Waals surface area contributed by atoms with E-state index >= 15 is 0 Å². The minimum absolute atomic E-state index is 0.512. The zero-order chi connectivity index (χ0) is 15.6. The standard InChI is InChI=1S/C17H33N3S2/c1-15(21)11-18-7-3-16(4-8-18)12-19-9-5-17(6-10-19)13-20(14-17)22-2/h15-16,21H,3-14H2,1-2H3. The lowest BCUT2D eigenvalue weighted by molar-refractivity contribution is -0.000500. The zero-order valence-electron chi connectivity index (χ0n) is 14.3. The Labute approximate surface area is 146 Å². The van der Waals surface area contributed by atoms with Gasteiger partial charge in [-0.25, -0.2) is 4.31 Å². The summed E-state index contributed by atoms with van der Waals surface area (Å²) in [6.07, 6.45) is 7.85. The summed E-state index contributed by atoms with van der Waals surface area (Å²) in [5.41, 5.74) is 0.686. The van der Waals surface area contributed by atoms with E-state index in [1.807, 2.05) is 11.9 Å². The van der Waals surface area contributed by atoms with Crippen molar-refractivity contribution < 1.29 is 0 Å². The lowest BCUT2D eigenvalue weighted by Gasteiger charge is -2.53. The van der Waals surface area contributed by atoms with E-state index in [4.69, 9.17) is 0 Å². The summed E-state index contributed by atoms with van der Waals surface area (Å²) in [5.74, 6) is 0.935. The Morgan fingerprint density at radius 2 is 1.73 bits per heavy atom. The van der Waals surface area contributed by atoms with Gasteiger partial charge in [0.25, 0.3) is 0 Å². The highest BCUT2D eigenvalue weighted by molar-refractivity contribution is 7.96. The summed E-state index contributed by atoms with van der Waals surface area (Å²) in [6.45, 7) is 12.7. The highest BCUT2D eigenvalue weighted by atomic mass is 32.2. The van der Waals surface area contributed by atoms with Gasteiger partial charge in [0, 0.05) is 36.8 Å². The molecule has 0 aliphatic carbocycles. The number of rotatable bonds is 5. The van der Waals surface area contributed by atoms with Crippen LogP contribution in [0.3, 0.4) is 0 Å². The lowest BCUT2D eigenvalue weighted by atomic mass is 9.73. The summed E-state index contributed by atoms with van der Waals surface area (Å²) >= 11 is 6.45. The average Bonchev–Trinajstić information content (AvgIpc) is 2.47. The fourth-order valence-electron chi connectivity index (χ4n) is 4.45. The van der Waals surface area contributed by atoms with Crippen molar-refractivity contribution in [3.63, 3.8) is 0 Å². The first-order chi connectivity index (χ1) is 10.6. The maximum Gasteiger partial charge on any atom is 0.0160 e. The molecule has 0 radical (unpaired) electrons. The molecule has 1 spiro atoms. The van der Waals surface area contributed by atoms with Crippen molar-refractivity contribution in [2.45, 2.75) is 37.9 Å². The number of piperidine rings is 2. The summed E-state index contributed by atoms with van der Waals surface area (Å²) in [5, 5.41) is 0.512. The topological polar surface area (TPSA) is 9.72 Å². The van der Waals surface area contributed by atoms with Gasteiger partial charge in [-0.1, -0.05) is 18.9 Å². The molecule has 3 saturated heterocycles. The molecule has 22 heavy (non-hydrogen) atoms. The van der Waals surface area contributed by atoms with E-state index in [1.165, 1.54) is 71.5 Å². The van der Waals surface area contributed by atoms with Crippen LogP contribution in [0.15, 0.2) is 0 Å². The molecule has 0 amide bonds. The van der Waals surface area contributed by atoms with Gasteiger partial charge in [-0.3, -0.25) is 0 Å². The van der Waals surface area contributed by atoms with Crippen LogP contribution in [0.1, 0.15) is 32.6 Å². The first-order valence-corrected chi connectivity index (χ1v) is 10.7. The van der Waals surface area contributed by atoms with Crippen molar-refractivity contribution in [3.05, 3.63) is 0 Å². The number of nitrogens with zero attached hydrogens (tertiary/aromatic N) is 3. The molecule has 128 valence electrons. The average molecular weight is 344 g/mol. The van der Waals surface area contributed by atoms with Gasteiger partial charge in [0.15, 0.2) is 0 Å². The molecular weight excluding hydrogens is 310 g/mol. The maximum atomic E-state index is 4.53. The van der Waals surface area contributed by atoms with Crippen molar-refractivity contribution in [2.75, 3.05) is 58.6 Å². The second-order valence-corrected chi connectivity index (χ2v) is 9.64. The van der Waals surface area contributed by atoms with Crippen LogP contribution in [0.4, 0.5) is 0 Å². The lowest BCUT2D eigenvalue weighted by Crippen LogP contribution is -2.58. The molecule has 5 heteroatoms. The predicted octanol–water partition coefficient (Wildman–Crippen LogP) is 2.69. The monoisotopic (exact) mass is 343 g/mol. The second kappa shape index (κ2) is 7.64. The van der Waals surface area contributed by atoms with E-state index in [0.29, 0.717) is 10.7 Å². The summed E-state index contributed by atoms with van der Waals surface area (Å²) < 4.78 is 2.52. The molecule has 3 aliphatic heterocycles. The van der Waals surface area contributed by atoms with Crippen LogP contribution >= 0.6 is 24.6 Å². The molecule has 0 aromatic heterocycles. The molecule has 3 aliphatic rings. The van der Waals surface area contributed by atoms with Gasteiger partial charge in [-0.2, -0.15) is 12.6 Å². The van der Waals surface area contributed by atoms with E-state index in [9.17, 15) is 0 Å². The first-order valence-electron chi connectivity index (χ1n) is 9.00. The molecule has 0 saturated carbocycles. The predicted molar refractivity (Wildman–Crippen MR) is 101 cm³/mol. The summed E-state index contributed by atoms with van der Waals surface area (Å²) in [6, 6.07) is 0. The molecule has 1 atom stereocenters. The zero-order valence-corrected chi connectivity index (χ0v) is 16.0. The molecule has 1 unspecified atom stereocenters. The van der Waals surface area contributed by atoms with E-state index in [2.05, 4.69) is 39.9 Å². The van der Waals surface area contributed by atoms with Gasteiger partial charge in [-0.05, 0) is 64.0 Å². The normalized spacial score (nSPS) is 29.6. The molecule has 3 nitrogen and oxygen atoms in total. The van der Waals surface area contributed by atoms with Crippen molar-refractivity contribution in [3.8, 4) is 0 Å². The fraction of sp³-hybridized carbons (Fsp3) is 1.00. The summed E-state index contributed by atoms with van der Waals surface area (Å²) in [4.78, 5) is 5.36. The quantitative estimate of drug-likeness (QED) is 0.607. The minimum Gasteiger partial charge on any atom is -0.303 e. The Bertz CT molecular complexity index is 340. The van der Waals surface area contributed by atoms with Crippen LogP contribution in [0.25, 0.3) is 0 Å². The van der Waals surface area contributed by atoms with E-state index in [-0.39, 0.29) is 0 Å². The van der Waals surface area contributed by atoms with E-state index in [0.717, 1.165) is 12.5 Å². The van der Waals surface area contributed by atoms with Crippen LogP contribution in [0.2, 0.25) is 0 Å². The first kappa shape index (κ1) is 17.4. The van der Waals surface area contributed by atoms with Gasteiger partial charge in [0.2, 0.25) is 0 Å². The van der Waals surface area contributed by atoms with Gasteiger partial charge < -0.3 is 9.80 Å². The third-order valence-corrected chi connectivity index (χ3v) is 6.88. The highest BCUT2D eigenvalue weighted by Crippen LogP contribution is 2.42. The minimum atomic E-state index is 0.512. The van der Waals surface area contributed by atoms with E-state index in [1.54, 1.807) is 0 Å². The van der Waals surface area contributed by atoms with Crippen LogP contribution in [-0.2, 0) is 0 Å². The largest absolute Gasteiger partial charge is 0.303 e. The van der Waals surface area contributed by atoms with Crippen LogP contribution in [0, 0.1) is 11.3 Å². The third kappa shape index (κ3) is 4.35. The molecule has 0 aromatic rings. The van der Waals surface area contributed by atoms with Gasteiger partial charge in [-0.15, -0.1) is 0 Å². The Morgan fingerprint density at radius 1 is 1.09 bits per heavy atom. The van der Waals surface area contributed by atoms with Gasteiger partial charge in [0.05, 0.1) is 0 Å². The Kier molecular flexibility index (Phi) is 6.05. The Balaban J connectivity index is 1.34. The molecule has 0 bridgehead atoms. The third-order valence-electron chi connectivity index (χ3n) is 5.94. The van der Waals surface area contributed by atoms with Gasteiger partial charge >= 0.3 is 0 Å². The smallest absolute Gasteiger partial charge is 0.0160 e. The van der Waals surface area contributed by atoms with E-state index < -0.39 is 0 Å². The molecule has 3 fully saturated rings. The fourth-order valence-corrected chi connectivity index (χ4v) is 5.48. The van der Waals surface area contributed by atoms with Crippen LogP contribution in [-0.4, -0.2) is 78.0 Å². The Morgan fingerprint density at radius 3 is 2.27 bits per heavy atom. The van der Waals surface area contributed by atoms with Crippen molar-refractivity contribution in [2.24, 2.45) is 11.3 Å². The Hall–Kier alpha value is 0.580. The van der Waals surface area contributed by atoms with Crippen LogP contribution < -0.4 is 0 Å². The van der Waals surface area contributed by atoms with Crippen molar-refractivity contribution in [1.82, 2.24) is 14.1 Å². The SMILES string of the molecule is CSN1CC2(CCN(CC3CCN(CC(C)S)CC3)CC2)C1. The number of likely N-dealkylation sites (tertiary alicyclic amines) is 2. The summed E-state index contributed by atoms with van der Waals surface area (Å²) in [7, 11) is 0. The number of hydrogen-bond donors (Lipinski definition) is 1. The second-order valence-electron chi connectivity index (χ2n) is 7.87. The van der Waals surface area contributed by atoms with Gasteiger partial charge in [0.1, 0.15) is 0 Å². The van der Waals surface area contributed by atoms with Crippen molar-refractivity contribution >= 4 is 24.6 Å². The number of hydrogen-bond acceptors (Lipinski definition) is 5. The molecule has 0 aromatic carbocycles. The molecule has 0 N–H and O–H groups in total. The molecule has 3 heterocycles. The number of thiol groups is 1. The molecular formula is C17H33N3S2. The maximum absolute atomic E-state index is 4.53.